The van der Waals surface area contributed by atoms with Crippen molar-refractivity contribution in [3.8, 4) is 0 Å². The van der Waals surface area contributed by atoms with Crippen LogP contribution in [0.3, 0.4) is 0 Å². The lowest BCUT2D eigenvalue weighted by Crippen LogP contribution is -2.34. The van der Waals surface area contributed by atoms with Crippen LogP contribution in [0.25, 0.3) is 0 Å². The Morgan fingerprint density at radius 3 is 2.32 bits per heavy atom. The fourth-order valence-corrected chi connectivity index (χ4v) is 5.00. The van der Waals surface area contributed by atoms with Gasteiger partial charge in [-0.25, -0.2) is 13.1 Å². The number of sulfonamides is 1. The van der Waals surface area contributed by atoms with Crippen molar-refractivity contribution < 1.29 is 26.4 Å². The van der Waals surface area contributed by atoms with Crippen molar-refractivity contribution >= 4 is 21.6 Å². The molecule has 1 fully saturated rings. The summed E-state index contributed by atoms with van der Waals surface area (Å²) in [6, 6.07) is 8.35. The van der Waals surface area contributed by atoms with E-state index in [0.29, 0.717) is 5.56 Å². The lowest BCUT2D eigenvalue weighted by molar-refractivity contribution is -0.137. The van der Waals surface area contributed by atoms with E-state index in [2.05, 4.69) is 10.0 Å². The minimum absolute atomic E-state index is 0.0240. The lowest BCUT2D eigenvalue weighted by atomic mass is 10.1. The Morgan fingerprint density at radius 1 is 1.00 bits per heavy atom. The van der Waals surface area contributed by atoms with Crippen molar-refractivity contribution in [3.63, 3.8) is 0 Å². The van der Waals surface area contributed by atoms with Crippen LogP contribution in [0.5, 0.6) is 0 Å². The van der Waals surface area contributed by atoms with Gasteiger partial charge in [0.15, 0.2) is 0 Å². The number of hydrogen-bond acceptors (Lipinski definition) is 3. The highest BCUT2D eigenvalue weighted by Crippen LogP contribution is 2.31. The number of aryl methyl sites for hydroxylation is 1. The molecular weight excluding hydrogens is 429 g/mol. The average molecular weight is 455 g/mol. The summed E-state index contributed by atoms with van der Waals surface area (Å²) in [6.45, 7) is 1.64. The van der Waals surface area contributed by atoms with E-state index in [1.165, 1.54) is 30.3 Å². The predicted octanol–water partition coefficient (Wildman–Crippen LogP) is 5.27. The van der Waals surface area contributed by atoms with E-state index in [-0.39, 0.29) is 22.2 Å². The molecular formula is C22H25F3N2O3S. The fraction of sp³-hybridized carbons (Fsp3) is 0.409. The van der Waals surface area contributed by atoms with Gasteiger partial charge >= 0.3 is 6.18 Å². The lowest BCUT2D eigenvalue weighted by Gasteiger charge is -2.17. The molecule has 2 N–H and O–H groups in total. The third-order valence-electron chi connectivity index (χ3n) is 5.39. The standard InChI is InChI=1S/C22H25F3N2O3S/c1-15-11-12-19(31(29,30)27-17-8-4-2-3-5-9-17)14-20(15)21(28)26-18-10-6-7-16(13-18)22(23,24)25/h6-7,10-14,17,27H,2-5,8-9H2,1H3,(H,26,28). The van der Waals surface area contributed by atoms with Gasteiger partial charge < -0.3 is 5.32 Å². The molecule has 31 heavy (non-hydrogen) atoms. The Balaban J connectivity index is 1.81. The SMILES string of the molecule is Cc1ccc(S(=O)(=O)NC2CCCCCC2)cc1C(=O)Nc1cccc(C(F)(F)F)c1. The van der Waals surface area contributed by atoms with Crippen molar-refractivity contribution in [1.82, 2.24) is 4.72 Å². The number of anilines is 1. The van der Waals surface area contributed by atoms with Gasteiger partial charge in [0.1, 0.15) is 0 Å². The van der Waals surface area contributed by atoms with Crippen LogP contribution in [0.2, 0.25) is 0 Å². The van der Waals surface area contributed by atoms with Gasteiger partial charge in [-0.2, -0.15) is 13.2 Å². The van der Waals surface area contributed by atoms with Crippen LogP contribution in [0.4, 0.5) is 18.9 Å². The number of hydrogen-bond donors (Lipinski definition) is 2. The molecule has 0 atom stereocenters. The highest BCUT2D eigenvalue weighted by atomic mass is 32.2. The molecule has 9 heteroatoms. The molecule has 2 aromatic rings. The molecule has 1 saturated carbocycles. The molecule has 0 bridgehead atoms. The third-order valence-corrected chi connectivity index (χ3v) is 6.91. The highest BCUT2D eigenvalue weighted by molar-refractivity contribution is 7.89. The molecule has 5 nitrogen and oxygen atoms in total. The van der Waals surface area contributed by atoms with Gasteiger partial charge in [0, 0.05) is 17.3 Å². The zero-order valence-electron chi connectivity index (χ0n) is 17.1. The summed E-state index contributed by atoms with van der Waals surface area (Å²) in [5, 5.41) is 2.43. The first kappa shape index (κ1) is 23.3. The first-order valence-corrected chi connectivity index (χ1v) is 11.7. The largest absolute Gasteiger partial charge is 0.416 e. The maximum Gasteiger partial charge on any atom is 0.416 e. The Morgan fingerprint density at radius 2 is 1.68 bits per heavy atom. The molecule has 0 radical (unpaired) electrons. The molecule has 0 saturated heterocycles. The van der Waals surface area contributed by atoms with Crippen LogP contribution in [0, 0.1) is 6.92 Å². The fourth-order valence-electron chi connectivity index (χ4n) is 3.67. The van der Waals surface area contributed by atoms with Crippen molar-refractivity contribution in [2.45, 2.75) is 62.6 Å². The molecule has 168 valence electrons. The smallest absolute Gasteiger partial charge is 0.322 e. The Kier molecular flexibility index (Phi) is 7.06. The summed E-state index contributed by atoms with van der Waals surface area (Å²) in [6.07, 6.45) is 1.11. The summed E-state index contributed by atoms with van der Waals surface area (Å²) in [5.74, 6) is -0.677. The normalized spacial score (nSPS) is 16.0. The van der Waals surface area contributed by atoms with Gasteiger partial charge in [-0.3, -0.25) is 4.79 Å². The van der Waals surface area contributed by atoms with E-state index in [9.17, 15) is 26.4 Å². The van der Waals surface area contributed by atoms with E-state index in [1.807, 2.05) is 0 Å². The van der Waals surface area contributed by atoms with Crippen LogP contribution in [-0.2, 0) is 16.2 Å². The number of benzene rings is 2. The topological polar surface area (TPSA) is 75.3 Å². The predicted molar refractivity (Wildman–Crippen MR) is 112 cm³/mol. The Bertz CT molecular complexity index is 1040. The second-order valence-corrected chi connectivity index (χ2v) is 9.53. The molecule has 1 aliphatic rings. The van der Waals surface area contributed by atoms with Crippen LogP contribution >= 0.6 is 0 Å². The molecule has 1 aliphatic carbocycles. The van der Waals surface area contributed by atoms with E-state index in [4.69, 9.17) is 0 Å². The minimum Gasteiger partial charge on any atom is -0.322 e. The molecule has 0 aromatic heterocycles. The van der Waals surface area contributed by atoms with Crippen molar-refractivity contribution in [1.29, 1.82) is 0 Å². The molecule has 0 heterocycles. The average Bonchev–Trinajstić information content (AvgIpc) is 2.95. The minimum atomic E-state index is -4.53. The molecule has 0 unspecified atom stereocenters. The van der Waals surface area contributed by atoms with E-state index in [0.717, 1.165) is 50.7 Å². The highest BCUT2D eigenvalue weighted by Gasteiger charge is 2.30. The summed E-state index contributed by atoms with van der Waals surface area (Å²) in [7, 11) is -3.83. The molecule has 0 spiro atoms. The second kappa shape index (κ2) is 9.40. The number of rotatable bonds is 5. The number of amides is 1. The van der Waals surface area contributed by atoms with E-state index < -0.39 is 27.7 Å². The summed E-state index contributed by atoms with van der Waals surface area (Å²) < 4.78 is 67.1. The van der Waals surface area contributed by atoms with Crippen LogP contribution in [0.1, 0.15) is 60.0 Å². The van der Waals surface area contributed by atoms with Gasteiger partial charge in [0.2, 0.25) is 10.0 Å². The van der Waals surface area contributed by atoms with Crippen LogP contribution in [-0.4, -0.2) is 20.4 Å². The van der Waals surface area contributed by atoms with Gasteiger partial charge in [0.25, 0.3) is 5.91 Å². The monoisotopic (exact) mass is 454 g/mol. The van der Waals surface area contributed by atoms with E-state index in [1.54, 1.807) is 6.92 Å². The van der Waals surface area contributed by atoms with Crippen LogP contribution in [0.15, 0.2) is 47.4 Å². The maximum atomic E-state index is 12.9. The molecule has 0 aliphatic heterocycles. The van der Waals surface area contributed by atoms with Gasteiger partial charge in [-0.05, 0) is 55.7 Å². The van der Waals surface area contributed by atoms with Gasteiger partial charge in [-0.15, -0.1) is 0 Å². The number of nitrogens with one attached hydrogen (secondary N) is 2. The molecule has 2 aromatic carbocycles. The van der Waals surface area contributed by atoms with Crippen molar-refractivity contribution in [2.24, 2.45) is 0 Å². The number of halogens is 3. The zero-order chi connectivity index (χ0) is 22.6. The van der Waals surface area contributed by atoms with Crippen LogP contribution < -0.4 is 10.0 Å². The summed E-state index contributed by atoms with van der Waals surface area (Å²) in [4.78, 5) is 12.7. The first-order chi connectivity index (χ1) is 14.6. The molecule has 1 amide bonds. The zero-order valence-corrected chi connectivity index (χ0v) is 17.9. The number of carbonyl (C=O) groups excluding carboxylic acids is 1. The third kappa shape index (κ3) is 6.07. The van der Waals surface area contributed by atoms with Gasteiger partial charge in [-0.1, -0.05) is 37.8 Å². The number of carbonyl (C=O) groups is 1. The second-order valence-electron chi connectivity index (χ2n) is 7.82. The van der Waals surface area contributed by atoms with Crippen molar-refractivity contribution in [2.75, 3.05) is 5.32 Å². The summed E-state index contributed by atoms with van der Waals surface area (Å²) >= 11 is 0. The van der Waals surface area contributed by atoms with Gasteiger partial charge in [0.05, 0.1) is 10.5 Å². The van der Waals surface area contributed by atoms with E-state index >= 15 is 0 Å². The summed E-state index contributed by atoms with van der Waals surface area (Å²) in [5.41, 5.74) is -0.311. The Labute approximate surface area is 180 Å². The quantitative estimate of drug-likeness (QED) is 0.605. The first-order valence-electron chi connectivity index (χ1n) is 10.2. The Hall–Kier alpha value is -2.39. The maximum absolute atomic E-state index is 12.9. The number of alkyl halides is 3. The van der Waals surface area contributed by atoms with Crippen molar-refractivity contribution in [3.05, 3.63) is 59.2 Å². The molecule has 3 rings (SSSR count).